The van der Waals surface area contributed by atoms with Crippen molar-refractivity contribution in [3.8, 4) is 0 Å². The number of carbonyl (C=O) groups excluding carboxylic acids is 1. The number of benzene rings is 1. The summed E-state index contributed by atoms with van der Waals surface area (Å²) < 4.78 is 31.6. The SMILES string of the molecule is CCOCCn1c(=NC(=O)C=Cc2ccc([N+](=O)[O-])s2)sc2cc(S(C)(=O)=O)ccc21. The van der Waals surface area contributed by atoms with Crippen LogP contribution in [0, 0.1) is 10.1 Å². The maximum atomic E-state index is 12.4. The number of amides is 1. The Morgan fingerprint density at radius 2 is 2.06 bits per heavy atom. The van der Waals surface area contributed by atoms with E-state index in [4.69, 9.17) is 4.74 Å². The second-order valence-corrected chi connectivity index (χ2v) is 10.5. The topological polar surface area (TPSA) is 121 Å². The zero-order chi connectivity index (χ0) is 22.6. The molecule has 0 bridgehead atoms. The molecule has 31 heavy (non-hydrogen) atoms. The molecule has 12 heteroatoms. The van der Waals surface area contributed by atoms with Crippen molar-refractivity contribution in [3.05, 3.63) is 56.2 Å². The van der Waals surface area contributed by atoms with Crippen LogP contribution in [0.25, 0.3) is 16.3 Å². The quantitative estimate of drug-likeness (QED) is 0.211. The highest BCUT2D eigenvalue weighted by molar-refractivity contribution is 7.90. The molecule has 0 unspecified atom stereocenters. The Labute approximate surface area is 186 Å². The average Bonchev–Trinajstić information content (AvgIpc) is 3.30. The summed E-state index contributed by atoms with van der Waals surface area (Å²) in [5.74, 6) is -0.531. The molecule has 0 spiro atoms. The third kappa shape index (κ3) is 5.73. The van der Waals surface area contributed by atoms with Crippen LogP contribution in [0.15, 0.2) is 46.3 Å². The standard InChI is InChI=1S/C19H19N3O6S3/c1-3-28-11-10-21-15-7-6-14(31(2,26)27)12-16(15)30-19(21)20-17(23)8-4-13-5-9-18(29-13)22(24)25/h4-9,12H,3,10-11H2,1-2H3. The van der Waals surface area contributed by atoms with Gasteiger partial charge in [-0.2, -0.15) is 4.99 Å². The normalized spacial score (nSPS) is 12.8. The van der Waals surface area contributed by atoms with Gasteiger partial charge in [-0.05, 0) is 37.3 Å². The van der Waals surface area contributed by atoms with Crippen LogP contribution in [-0.2, 0) is 25.9 Å². The maximum absolute atomic E-state index is 12.4. The molecule has 0 saturated carbocycles. The summed E-state index contributed by atoms with van der Waals surface area (Å²) in [5, 5.41) is 10.8. The number of aromatic nitrogens is 1. The smallest absolute Gasteiger partial charge is 0.324 e. The fourth-order valence-electron chi connectivity index (χ4n) is 2.70. The Bertz CT molecular complexity index is 1330. The first-order valence-electron chi connectivity index (χ1n) is 9.11. The van der Waals surface area contributed by atoms with Crippen molar-refractivity contribution in [1.29, 1.82) is 0 Å². The van der Waals surface area contributed by atoms with Crippen LogP contribution in [0.4, 0.5) is 5.00 Å². The van der Waals surface area contributed by atoms with Crippen molar-refractivity contribution in [3.63, 3.8) is 0 Å². The van der Waals surface area contributed by atoms with Crippen molar-refractivity contribution in [1.82, 2.24) is 4.57 Å². The highest BCUT2D eigenvalue weighted by Gasteiger charge is 2.13. The van der Waals surface area contributed by atoms with Gasteiger partial charge in [-0.15, -0.1) is 0 Å². The molecule has 1 aromatic carbocycles. The van der Waals surface area contributed by atoms with E-state index in [9.17, 15) is 23.3 Å². The molecule has 0 fully saturated rings. The van der Waals surface area contributed by atoms with E-state index in [0.29, 0.717) is 34.1 Å². The van der Waals surface area contributed by atoms with E-state index in [-0.39, 0.29) is 9.90 Å². The van der Waals surface area contributed by atoms with Gasteiger partial charge in [0.15, 0.2) is 14.6 Å². The van der Waals surface area contributed by atoms with Crippen LogP contribution < -0.4 is 4.80 Å². The van der Waals surface area contributed by atoms with E-state index < -0.39 is 20.7 Å². The van der Waals surface area contributed by atoms with Crippen LogP contribution in [0.2, 0.25) is 0 Å². The molecule has 0 saturated heterocycles. The molecule has 0 atom stereocenters. The zero-order valence-electron chi connectivity index (χ0n) is 16.7. The molecule has 0 aliphatic carbocycles. The summed E-state index contributed by atoms with van der Waals surface area (Å²) in [6.45, 7) is 3.27. The Morgan fingerprint density at radius 3 is 2.71 bits per heavy atom. The van der Waals surface area contributed by atoms with Gasteiger partial charge in [0.05, 0.1) is 26.6 Å². The minimum atomic E-state index is -3.37. The van der Waals surface area contributed by atoms with Crippen molar-refractivity contribution >= 4 is 59.7 Å². The molecular formula is C19H19N3O6S3. The molecule has 0 aliphatic heterocycles. The molecule has 0 N–H and O–H groups in total. The molecule has 3 rings (SSSR count). The number of thiophene rings is 1. The average molecular weight is 482 g/mol. The highest BCUT2D eigenvalue weighted by Crippen LogP contribution is 2.25. The molecule has 0 aliphatic rings. The van der Waals surface area contributed by atoms with E-state index in [2.05, 4.69) is 4.99 Å². The number of carbonyl (C=O) groups is 1. The van der Waals surface area contributed by atoms with E-state index in [0.717, 1.165) is 23.1 Å². The lowest BCUT2D eigenvalue weighted by Gasteiger charge is -2.05. The van der Waals surface area contributed by atoms with Gasteiger partial charge in [-0.25, -0.2) is 8.42 Å². The monoisotopic (exact) mass is 481 g/mol. The number of nitro groups is 1. The molecule has 2 heterocycles. The second-order valence-electron chi connectivity index (χ2n) is 6.35. The van der Waals surface area contributed by atoms with Crippen molar-refractivity contribution in [2.75, 3.05) is 19.5 Å². The fraction of sp³-hybridized carbons (Fsp3) is 0.263. The van der Waals surface area contributed by atoms with Crippen molar-refractivity contribution in [2.45, 2.75) is 18.4 Å². The second kappa shape index (κ2) is 9.64. The van der Waals surface area contributed by atoms with Gasteiger partial charge in [0.1, 0.15) is 0 Å². The van der Waals surface area contributed by atoms with Gasteiger partial charge < -0.3 is 9.30 Å². The van der Waals surface area contributed by atoms with E-state index in [1.54, 1.807) is 18.2 Å². The number of ether oxygens (including phenoxy) is 1. The Kier molecular flexibility index (Phi) is 7.15. The Hall–Kier alpha value is -2.67. The number of nitrogens with zero attached hydrogens (tertiary/aromatic N) is 3. The first-order valence-corrected chi connectivity index (χ1v) is 12.6. The summed E-state index contributed by atoms with van der Waals surface area (Å²) >= 11 is 2.16. The van der Waals surface area contributed by atoms with Gasteiger partial charge in [-0.1, -0.05) is 22.7 Å². The van der Waals surface area contributed by atoms with Crippen molar-refractivity contribution < 1.29 is 22.9 Å². The summed E-state index contributed by atoms with van der Waals surface area (Å²) in [7, 11) is -3.37. The number of hydrogen-bond donors (Lipinski definition) is 0. The maximum Gasteiger partial charge on any atom is 0.324 e. The van der Waals surface area contributed by atoms with Crippen LogP contribution in [0.3, 0.4) is 0 Å². The van der Waals surface area contributed by atoms with Gasteiger partial charge in [0, 0.05) is 36.4 Å². The van der Waals surface area contributed by atoms with Crippen LogP contribution in [-0.4, -0.2) is 43.3 Å². The number of thiazole rings is 1. The minimum Gasteiger partial charge on any atom is -0.380 e. The molecule has 0 radical (unpaired) electrons. The Morgan fingerprint density at radius 1 is 1.29 bits per heavy atom. The van der Waals surface area contributed by atoms with E-state index in [1.165, 1.54) is 35.6 Å². The van der Waals surface area contributed by atoms with Gasteiger partial charge in [0.25, 0.3) is 5.91 Å². The van der Waals surface area contributed by atoms with Gasteiger partial charge in [-0.3, -0.25) is 14.9 Å². The summed E-state index contributed by atoms with van der Waals surface area (Å²) in [6, 6.07) is 7.71. The van der Waals surface area contributed by atoms with Crippen molar-refractivity contribution in [2.24, 2.45) is 4.99 Å². The summed E-state index contributed by atoms with van der Waals surface area (Å²) in [4.78, 5) is 28.0. The largest absolute Gasteiger partial charge is 0.380 e. The molecule has 1 amide bonds. The lowest BCUT2D eigenvalue weighted by Crippen LogP contribution is -2.19. The number of hydrogen-bond acceptors (Lipinski definition) is 8. The number of fused-ring (bicyclic) bond motifs is 1. The summed E-state index contributed by atoms with van der Waals surface area (Å²) in [5.41, 5.74) is 0.751. The zero-order valence-corrected chi connectivity index (χ0v) is 19.1. The van der Waals surface area contributed by atoms with Gasteiger partial charge in [0.2, 0.25) is 0 Å². The van der Waals surface area contributed by atoms with Gasteiger partial charge >= 0.3 is 5.00 Å². The molecule has 2 aromatic heterocycles. The van der Waals surface area contributed by atoms with Crippen LogP contribution in [0.1, 0.15) is 11.8 Å². The lowest BCUT2D eigenvalue weighted by atomic mass is 10.3. The third-order valence-corrected chi connectivity index (χ3v) is 7.29. The van der Waals surface area contributed by atoms with Crippen LogP contribution in [0.5, 0.6) is 0 Å². The first kappa shape index (κ1) is 23.0. The van der Waals surface area contributed by atoms with Crippen LogP contribution >= 0.6 is 22.7 Å². The Balaban J connectivity index is 1.97. The molecule has 9 nitrogen and oxygen atoms in total. The highest BCUT2D eigenvalue weighted by atomic mass is 32.2. The molecule has 164 valence electrons. The predicted octanol–water partition coefficient (Wildman–Crippen LogP) is 3.25. The number of rotatable bonds is 8. The van der Waals surface area contributed by atoms with E-state index in [1.807, 2.05) is 11.5 Å². The fourth-order valence-corrected chi connectivity index (χ4v) is 5.25. The summed E-state index contributed by atoms with van der Waals surface area (Å²) in [6.07, 6.45) is 3.86. The number of sulfone groups is 1. The van der Waals surface area contributed by atoms with E-state index >= 15 is 0 Å². The lowest BCUT2D eigenvalue weighted by molar-refractivity contribution is -0.380. The molecular weight excluding hydrogens is 462 g/mol. The third-order valence-electron chi connectivity index (χ3n) is 4.13. The molecule has 3 aromatic rings. The first-order chi connectivity index (χ1) is 14.7. The minimum absolute atomic E-state index is 0.0102. The predicted molar refractivity (Wildman–Crippen MR) is 120 cm³/mol.